The van der Waals surface area contributed by atoms with Gasteiger partial charge in [-0.1, -0.05) is 0 Å². The van der Waals surface area contributed by atoms with Gasteiger partial charge in [0.15, 0.2) is 0 Å². The maximum absolute atomic E-state index is 12.8. The minimum absolute atomic E-state index is 0.256. The SMILES string of the molecule is CSc1c(C(F)(F)F)ccc(C(=O)Cl)c1C(F)(F)F. The largest absolute Gasteiger partial charge is 0.418 e. The van der Waals surface area contributed by atoms with Gasteiger partial charge in [0.25, 0.3) is 5.24 Å². The van der Waals surface area contributed by atoms with Crippen molar-refractivity contribution in [2.75, 3.05) is 6.26 Å². The zero-order valence-corrected chi connectivity index (χ0v) is 10.7. The molecule has 1 nitrogen and oxygen atoms in total. The highest BCUT2D eigenvalue weighted by Crippen LogP contribution is 2.45. The van der Waals surface area contributed by atoms with Crippen molar-refractivity contribution in [3.05, 3.63) is 28.8 Å². The molecule has 0 aliphatic heterocycles. The van der Waals surface area contributed by atoms with E-state index in [1.807, 2.05) is 0 Å². The predicted octanol–water partition coefficient (Wildman–Crippen LogP) is 4.83. The van der Waals surface area contributed by atoms with Crippen molar-refractivity contribution in [1.82, 2.24) is 0 Å². The van der Waals surface area contributed by atoms with Crippen molar-refractivity contribution in [2.24, 2.45) is 0 Å². The highest BCUT2D eigenvalue weighted by Gasteiger charge is 2.43. The number of alkyl halides is 6. The summed E-state index contributed by atoms with van der Waals surface area (Å²) in [5.41, 5.74) is -4.10. The first kappa shape index (κ1) is 16.2. The van der Waals surface area contributed by atoms with Gasteiger partial charge in [-0.15, -0.1) is 11.8 Å². The zero-order chi connectivity index (χ0) is 15.0. The van der Waals surface area contributed by atoms with Gasteiger partial charge in [0.1, 0.15) is 0 Å². The Balaban J connectivity index is 3.75. The molecule has 0 atom stereocenters. The Hall–Kier alpha value is -0.890. The molecule has 0 N–H and O–H groups in total. The average Bonchev–Trinajstić information content (AvgIpc) is 2.24. The fourth-order valence-corrected chi connectivity index (χ4v) is 2.45. The molecule has 1 rings (SSSR count). The summed E-state index contributed by atoms with van der Waals surface area (Å²) < 4.78 is 76.4. The highest BCUT2D eigenvalue weighted by molar-refractivity contribution is 7.98. The summed E-state index contributed by atoms with van der Waals surface area (Å²) in [6.45, 7) is 0. The summed E-state index contributed by atoms with van der Waals surface area (Å²) in [6.07, 6.45) is -9.01. The molecule has 1 aromatic carbocycles. The Kier molecular flexibility index (Phi) is 4.46. The molecule has 0 spiro atoms. The summed E-state index contributed by atoms with van der Waals surface area (Å²) in [7, 11) is 0. The van der Waals surface area contributed by atoms with Crippen molar-refractivity contribution in [3.8, 4) is 0 Å². The second kappa shape index (κ2) is 5.24. The molecule has 0 aliphatic rings. The van der Waals surface area contributed by atoms with Crippen molar-refractivity contribution >= 4 is 28.6 Å². The van der Waals surface area contributed by atoms with Crippen LogP contribution < -0.4 is 0 Å². The van der Waals surface area contributed by atoms with E-state index in [-0.39, 0.29) is 11.8 Å². The van der Waals surface area contributed by atoms with E-state index >= 15 is 0 Å². The van der Waals surface area contributed by atoms with E-state index in [1.165, 1.54) is 0 Å². The molecule has 0 unspecified atom stereocenters. The first-order valence-corrected chi connectivity index (χ1v) is 6.15. The van der Waals surface area contributed by atoms with Gasteiger partial charge in [-0.05, 0) is 30.0 Å². The molecule has 0 fully saturated rings. The van der Waals surface area contributed by atoms with Crippen LogP contribution in [0, 0.1) is 0 Å². The fourth-order valence-electron chi connectivity index (χ4n) is 1.46. The van der Waals surface area contributed by atoms with Crippen LogP contribution in [0.4, 0.5) is 26.3 Å². The Morgan fingerprint density at radius 3 is 1.95 bits per heavy atom. The summed E-state index contributed by atoms with van der Waals surface area (Å²) >= 11 is 5.24. The van der Waals surface area contributed by atoms with Gasteiger partial charge in [0, 0.05) is 10.5 Å². The smallest absolute Gasteiger partial charge is 0.276 e. The quantitative estimate of drug-likeness (QED) is 0.441. The topological polar surface area (TPSA) is 17.1 Å². The van der Waals surface area contributed by atoms with E-state index in [1.54, 1.807) is 0 Å². The minimum atomic E-state index is -5.11. The Bertz CT molecular complexity index is 508. The number of thioether (sulfide) groups is 1. The summed E-state index contributed by atoms with van der Waals surface area (Å²) in [5, 5.41) is -1.46. The van der Waals surface area contributed by atoms with Gasteiger partial charge in [0.05, 0.1) is 11.1 Å². The second-order valence-electron chi connectivity index (χ2n) is 3.34. The maximum atomic E-state index is 12.8. The molecule has 0 radical (unpaired) electrons. The molecule has 1 aromatic rings. The fraction of sp³-hybridized carbons (Fsp3) is 0.300. The van der Waals surface area contributed by atoms with Gasteiger partial charge in [0.2, 0.25) is 0 Å². The van der Waals surface area contributed by atoms with Crippen LogP contribution in [-0.2, 0) is 12.4 Å². The van der Waals surface area contributed by atoms with E-state index in [0.717, 1.165) is 6.26 Å². The molecular formula is C10H5ClF6OS. The lowest BCUT2D eigenvalue weighted by atomic mass is 10.0. The van der Waals surface area contributed by atoms with E-state index in [0.29, 0.717) is 12.1 Å². The van der Waals surface area contributed by atoms with Crippen LogP contribution in [0.3, 0.4) is 0 Å². The lowest BCUT2D eigenvalue weighted by molar-refractivity contribution is -0.147. The molecule has 0 saturated heterocycles. The molecule has 0 bridgehead atoms. The third-order valence-electron chi connectivity index (χ3n) is 2.16. The number of carbonyl (C=O) groups is 1. The molecule has 9 heteroatoms. The number of rotatable bonds is 2. The van der Waals surface area contributed by atoms with Crippen molar-refractivity contribution in [3.63, 3.8) is 0 Å². The molecule has 0 saturated carbocycles. The van der Waals surface area contributed by atoms with Crippen LogP contribution in [0.25, 0.3) is 0 Å². The third-order valence-corrected chi connectivity index (χ3v) is 3.20. The molecular weight excluding hydrogens is 318 g/mol. The van der Waals surface area contributed by atoms with Gasteiger partial charge in [-0.2, -0.15) is 26.3 Å². The Labute approximate surface area is 112 Å². The maximum Gasteiger partial charge on any atom is 0.418 e. The molecule has 0 heterocycles. The summed E-state index contributed by atoms with van der Waals surface area (Å²) in [4.78, 5) is 9.85. The van der Waals surface area contributed by atoms with Gasteiger partial charge < -0.3 is 0 Å². The van der Waals surface area contributed by atoms with Crippen LogP contribution in [0.1, 0.15) is 21.5 Å². The first-order chi connectivity index (χ1) is 8.50. The molecule has 0 aliphatic carbocycles. The van der Waals surface area contributed by atoms with Gasteiger partial charge in [-0.25, -0.2) is 0 Å². The highest BCUT2D eigenvalue weighted by atomic mass is 35.5. The second-order valence-corrected chi connectivity index (χ2v) is 4.50. The van der Waals surface area contributed by atoms with Crippen molar-refractivity contribution in [2.45, 2.75) is 17.2 Å². The average molecular weight is 323 g/mol. The Morgan fingerprint density at radius 1 is 1.11 bits per heavy atom. The lowest BCUT2D eigenvalue weighted by Gasteiger charge is -2.19. The standard InChI is InChI=1S/C10H5ClF6OS/c1-19-7-5(9(12,13)14)3-2-4(8(11)18)6(7)10(15,16)17/h2-3H,1H3. The van der Waals surface area contributed by atoms with Crippen LogP contribution in [0.5, 0.6) is 0 Å². The van der Waals surface area contributed by atoms with E-state index in [2.05, 4.69) is 0 Å². The van der Waals surface area contributed by atoms with E-state index < -0.39 is 39.2 Å². The van der Waals surface area contributed by atoms with Crippen LogP contribution in [-0.4, -0.2) is 11.5 Å². The molecule has 0 amide bonds. The first-order valence-electron chi connectivity index (χ1n) is 4.55. The Morgan fingerprint density at radius 2 is 1.63 bits per heavy atom. The van der Waals surface area contributed by atoms with Crippen LogP contribution >= 0.6 is 23.4 Å². The van der Waals surface area contributed by atoms with Crippen LogP contribution in [0.15, 0.2) is 17.0 Å². The van der Waals surface area contributed by atoms with Crippen molar-refractivity contribution in [1.29, 1.82) is 0 Å². The normalized spacial score (nSPS) is 12.6. The summed E-state index contributed by atoms with van der Waals surface area (Å²) in [6, 6.07) is 0.845. The van der Waals surface area contributed by atoms with Gasteiger partial charge >= 0.3 is 12.4 Å². The van der Waals surface area contributed by atoms with Crippen LogP contribution in [0.2, 0.25) is 0 Å². The monoisotopic (exact) mass is 322 g/mol. The molecule has 19 heavy (non-hydrogen) atoms. The summed E-state index contributed by atoms with van der Waals surface area (Å²) in [5.74, 6) is 0. The van der Waals surface area contributed by atoms with Gasteiger partial charge in [-0.3, -0.25) is 4.79 Å². The number of halogens is 7. The third kappa shape index (κ3) is 3.36. The number of benzene rings is 1. The molecule has 0 aromatic heterocycles. The lowest BCUT2D eigenvalue weighted by Crippen LogP contribution is -2.17. The number of hydrogen-bond acceptors (Lipinski definition) is 2. The van der Waals surface area contributed by atoms with Crippen molar-refractivity contribution < 1.29 is 31.1 Å². The van der Waals surface area contributed by atoms with E-state index in [9.17, 15) is 31.1 Å². The zero-order valence-electron chi connectivity index (χ0n) is 9.12. The van der Waals surface area contributed by atoms with E-state index in [4.69, 9.17) is 11.6 Å². The molecule has 106 valence electrons. The minimum Gasteiger partial charge on any atom is -0.276 e. The number of hydrogen-bond donors (Lipinski definition) is 0. The predicted molar refractivity (Wildman–Crippen MR) is 58.4 cm³/mol. The number of carbonyl (C=O) groups excluding carboxylic acids is 1.